The molecule has 1 amide bonds. The van der Waals surface area contributed by atoms with E-state index < -0.39 is 0 Å². The number of hydrogen-bond acceptors (Lipinski definition) is 2. The number of halogens is 2. The molecule has 1 N–H and O–H groups in total. The molecular weight excluding hydrogens is 297 g/mol. The lowest BCUT2D eigenvalue weighted by Gasteiger charge is -2.08. The third-order valence-electron chi connectivity index (χ3n) is 2.56. The van der Waals surface area contributed by atoms with Crippen LogP contribution in [0.1, 0.15) is 12.5 Å². The summed E-state index contributed by atoms with van der Waals surface area (Å²) in [6, 6.07) is 12.5. The van der Waals surface area contributed by atoms with Gasteiger partial charge < -0.3 is 10.1 Å². The Morgan fingerprint density at radius 2 is 1.80 bits per heavy atom. The summed E-state index contributed by atoms with van der Waals surface area (Å²) in [4.78, 5) is 10.9. The third kappa shape index (κ3) is 4.15. The molecule has 0 bridgehead atoms. The van der Waals surface area contributed by atoms with Crippen molar-refractivity contribution in [3.05, 3.63) is 58.1 Å². The Kier molecular flexibility index (Phi) is 4.88. The highest BCUT2D eigenvalue weighted by Gasteiger charge is 2.01. The van der Waals surface area contributed by atoms with Gasteiger partial charge in [-0.15, -0.1) is 0 Å². The highest BCUT2D eigenvalue weighted by Crippen LogP contribution is 2.23. The lowest BCUT2D eigenvalue weighted by Crippen LogP contribution is -2.05. The summed E-state index contributed by atoms with van der Waals surface area (Å²) in [6.45, 7) is 1.87. The average Bonchev–Trinajstić information content (AvgIpc) is 2.41. The zero-order valence-electron chi connectivity index (χ0n) is 10.8. The minimum absolute atomic E-state index is 0.102. The van der Waals surface area contributed by atoms with E-state index in [4.69, 9.17) is 27.9 Å². The van der Waals surface area contributed by atoms with Gasteiger partial charge in [0, 0.05) is 12.6 Å². The summed E-state index contributed by atoms with van der Waals surface area (Å²) in [5.41, 5.74) is 1.67. The molecule has 0 saturated carbocycles. The fourth-order valence-corrected chi connectivity index (χ4v) is 1.95. The second-order valence-corrected chi connectivity index (χ2v) is 5.06. The SMILES string of the molecule is CC(=O)Nc1ccc(OCc2ccc(Cl)c(Cl)c2)cc1. The topological polar surface area (TPSA) is 38.3 Å². The molecule has 20 heavy (non-hydrogen) atoms. The standard InChI is InChI=1S/C15H13Cl2NO2/c1-10(19)18-12-3-5-13(6-4-12)20-9-11-2-7-14(16)15(17)8-11/h2-8H,9H2,1H3,(H,18,19). The van der Waals surface area contributed by atoms with E-state index in [0.717, 1.165) is 11.3 Å². The Morgan fingerprint density at radius 1 is 1.10 bits per heavy atom. The molecule has 2 aromatic carbocycles. The second-order valence-electron chi connectivity index (χ2n) is 4.24. The van der Waals surface area contributed by atoms with E-state index in [1.165, 1.54) is 6.92 Å². The summed E-state index contributed by atoms with van der Waals surface area (Å²) in [5, 5.41) is 3.72. The van der Waals surface area contributed by atoms with E-state index in [9.17, 15) is 4.79 Å². The van der Waals surface area contributed by atoms with Gasteiger partial charge in [-0.2, -0.15) is 0 Å². The number of ether oxygens (including phenoxy) is 1. The van der Waals surface area contributed by atoms with Gasteiger partial charge in [0.1, 0.15) is 12.4 Å². The predicted molar refractivity (Wildman–Crippen MR) is 81.5 cm³/mol. The van der Waals surface area contributed by atoms with Gasteiger partial charge in [-0.25, -0.2) is 0 Å². The van der Waals surface area contributed by atoms with Crippen LogP contribution in [0.15, 0.2) is 42.5 Å². The second kappa shape index (κ2) is 6.64. The van der Waals surface area contributed by atoms with Gasteiger partial charge in [-0.3, -0.25) is 4.79 Å². The van der Waals surface area contributed by atoms with Crippen molar-refractivity contribution >= 4 is 34.8 Å². The number of nitrogens with one attached hydrogen (secondary N) is 1. The van der Waals surface area contributed by atoms with Crippen molar-refractivity contribution < 1.29 is 9.53 Å². The zero-order chi connectivity index (χ0) is 14.5. The van der Waals surface area contributed by atoms with Crippen LogP contribution in [0.2, 0.25) is 10.0 Å². The first-order valence-electron chi connectivity index (χ1n) is 5.99. The number of benzene rings is 2. The average molecular weight is 310 g/mol. The predicted octanol–water partition coefficient (Wildman–Crippen LogP) is 4.53. The molecule has 0 heterocycles. The minimum atomic E-state index is -0.102. The molecule has 0 aliphatic carbocycles. The summed E-state index contributed by atoms with van der Waals surface area (Å²) in [5.74, 6) is 0.611. The monoisotopic (exact) mass is 309 g/mol. The maximum Gasteiger partial charge on any atom is 0.221 e. The molecule has 3 nitrogen and oxygen atoms in total. The van der Waals surface area contributed by atoms with Gasteiger partial charge in [0.25, 0.3) is 0 Å². The van der Waals surface area contributed by atoms with Crippen molar-refractivity contribution in [2.75, 3.05) is 5.32 Å². The van der Waals surface area contributed by atoms with E-state index in [2.05, 4.69) is 5.32 Å². The van der Waals surface area contributed by atoms with Crippen molar-refractivity contribution in [3.63, 3.8) is 0 Å². The Labute approximate surface area is 127 Å². The Hall–Kier alpha value is -1.71. The minimum Gasteiger partial charge on any atom is -0.489 e. The normalized spacial score (nSPS) is 10.2. The van der Waals surface area contributed by atoms with Gasteiger partial charge in [0.05, 0.1) is 10.0 Å². The van der Waals surface area contributed by atoms with Crippen molar-refractivity contribution in [1.29, 1.82) is 0 Å². The van der Waals surface area contributed by atoms with Crippen molar-refractivity contribution in [1.82, 2.24) is 0 Å². The zero-order valence-corrected chi connectivity index (χ0v) is 12.3. The summed E-state index contributed by atoms with van der Waals surface area (Å²) < 4.78 is 5.63. The highest BCUT2D eigenvalue weighted by atomic mass is 35.5. The molecule has 0 aliphatic rings. The largest absolute Gasteiger partial charge is 0.489 e. The number of carbonyl (C=O) groups is 1. The number of carbonyl (C=O) groups excluding carboxylic acids is 1. The molecule has 0 radical (unpaired) electrons. The van der Waals surface area contributed by atoms with Crippen LogP contribution in [-0.2, 0) is 11.4 Å². The Balaban J connectivity index is 1.96. The first-order valence-corrected chi connectivity index (χ1v) is 6.74. The summed E-state index contributed by atoms with van der Waals surface area (Å²) in [6.07, 6.45) is 0. The van der Waals surface area contributed by atoms with Crippen molar-refractivity contribution in [2.45, 2.75) is 13.5 Å². The van der Waals surface area contributed by atoms with Crippen LogP contribution >= 0.6 is 23.2 Å². The lowest BCUT2D eigenvalue weighted by molar-refractivity contribution is -0.114. The molecular formula is C15H13Cl2NO2. The molecule has 0 saturated heterocycles. The van der Waals surface area contributed by atoms with E-state index >= 15 is 0 Å². The van der Waals surface area contributed by atoms with Gasteiger partial charge in [-0.05, 0) is 42.0 Å². The van der Waals surface area contributed by atoms with Crippen LogP contribution in [0.5, 0.6) is 5.75 Å². The quantitative estimate of drug-likeness (QED) is 0.901. The molecule has 0 fully saturated rings. The van der Waals surface area contributed by atoms with Crippen LogP contribution in [0, 0.1) is 0 Å². The molecule has 104 valence electrons. The van der Waals surface area contributed by atoms with Gasteiger partial charge >= 0.3 is 0 Å². The van der Waals surface area contributed by atoms with E-state index in [1.807, 2.05) is 6.07 Å². The molecule has 0 spiro atoms. The lowest BCUT2D eigenvalue weighted by atomic mass is 10.2. The van der Waals surface area contributed by atoms with Crippen LogP contribution < -0.4 is 10.1 Å². The summed E-state index contributed by atoms with van der Waals surface area (Å²) in [7, 11) is 0. The van der Waals surface area contributed by atoms with Crippen LogP contribution in [0.4, 0.5) is 5.69 Å². The fourth-order valence-electron chi connectivity index (χ4n) is 1.63. The summed E-state index contributed by atoms with van der Waals surface area (Å²) >= 11 is 11.8. The molecule has 0 atom stereocenters. The maximum atomic E-state index is 10.9. The van der Waals surface area contributed by atoms with E-state index in [1.54, 1.807) is 36.4 Å². The maximum absolute atomic E-state index is 10.9. The first kappa shape index (κ1) is 14.7. The van der Waals surface area contributed by atoms with Gasteiger partial charge in [0.2, 0.25) is 5.91 Å². The van der Waals surface area contributed by atoms with Crippen molar-refractivity contribution in [3.8, 4) is 5.75 Å². The third-order valence-corrected chi connectivity index (χ3v) is 3.30. The van der Waals surface area contributed by atoms with E-state index in [0.29, 0.717) is 22.4 Å². The van der Waals surface area contributed by atoms with Crippen LogP contribution in [0.3, 0.4) is 0 Å². The van der Waals surface area contributed by atoms with E-state index in [-0.39, 0.29) is 5.91 Å². The Bertz CT molecular complexity index is 612. The molecule has 0 aliphatic heterocycles. The molecule has 2 aromatic rings. The van der Waals surface area contributed by atoms with Crippen LogP contribution in [-0.4, -0.2) is 5.91 Å². The van der Waals surface area contributed by atoms with Gasteiger partial charge in [-0.1, -0.05) is 29.3 Å². The molecule has 2 rings (SSSR count). The Morgan fingerprint density at radius 3 is 2.40 bits per heavy atom. The number of anilines is 1. The van der Waals surface area contributed by atoms with Gasteiger partial charge in [0.15, 0.2) is 0 Å². The molecule has 0 unspecified atom stereocenters. The fraction of sp³-hybridized carbons (Fsp3) is 0.133. The van der Waals surface area contributed by atoms with Crippen molar-refractivity contribution in [2.24, 2.45) is 0 Å². The number of amides is 1. The number of rotatable bonds is 4. The smallest absolute Gasteiger partial charge is 0.221 e. The molecule has 5 heteroatoms. The number of hydrogen-bond donors (Lipinski definition) is 1. The molecule has 0 aromatic heterocycles. The first-order chi connectivity index (χ1) is 9.54. The highest BCUT2D eigenvalue weighted by molar-refractivity contribution is 6.42. The van der Waals surface area contributed by atoms with Crippen LogP contribution in [0.25, 0.3) is 0 Å².